The van der Waals surface area contributed by atoms with E-state index in [1.165, 1.54) is 0 Å². The van der Waals surface area contributed by atoms with E-state index < -0.39 is 5.60 Å². The molecule has 1 aliphatic rings. The molecule has 0 heterocycles. The molecule has 0 saturated heterocycles. The van der Waals surface area contributed by atoms with Gasteiger partial charge in [0.25, 0.3) is 5.91 Å². The van der Waals surface area contributed by atoms with Gasteiger partial charge in [0, 0.05) is 17.3 Å². The number of nitrogen functional groups attached to an aromatic ring is 1. The number of hydrogen-bond donors (Lipinski definition) is 3. The van der Waals surface area contributed by atoms with Crippen molar-refractivity contribution in [1.29, 1.82) is 0 Å². The van der Waals surface area contributed by atoms with Crippen LogP contribution in [0, 0.1) is 5.92 Å². The van der Waals surface area contributed by atoms with Crippen molar-refractivity contribution in [3.05, 3.63) is 28.8 Å². The molecule has 2 unspecified atom stereocenters. The molecule has 1 aromatic carbocycles. The number of benzene rings is 1. The Bertz CT molecular complexity index is 507. The van der Waals surface area contributed by atoms with Crippen molar-refractivity contribution in [3.63, 3.8) is 0 Å². The molecule has 0 bridgehead atoms. The molecule has 4 N–H and O–H groups in total. The number of hydrogen-bond acceptors (Lipinski definition) is 3. The first kappa shape index (κ1) is 15.1. The van der Waals surface area contributed by atoms with Gasteiger partial charge in [-0.3, -0.25) is 4.79 Å². The molecule has 0 aromatic heterocycles. The number of halogens is 1. The van der Waals surface area contributed by atoms with Crippen molar-refractivity contribution >= 4 is 23.2 Å². The number of carbonyl (C=O) groups excluding carboxylic acids is 1. The van der Waals surface area contributed by atoms with Crippen LogP contribution in [0.1, 0.15) is 43.0 Å². The quantitative estimate of drug-likeness (QED) is 0.751. The Morgan fingerprint density at radius 2 is 2.35 bits per heavy atom. The second-order valence-electron chi connectivity index (χ2n) is 5.84. The molecule has 1 amide bonds. The topological polar surface area (TPSA) is 75.3 Å². The summed E-state index contributed by atoms with van der Waals surface area (Å²) in [5.74, 6) is 0.220. The van der Waals surface area contributed by atoms with Gasteiger partial charge in [-0.15, -0.1) is 0 Å². The SMILES string of the molecule is CC1CCCC(O)(CNC(=O)c2ccc(Cl)cc2N)C1. The van der Waals surface area contributed by atoms with Crippen LogP contribution in [0.25, 0.3) is 0 Å². The van der Waals surface area contributed by atoms with E-state index >= 15 is 0 Å². The first-order valence-corrected chi connectivity index (χ1v) is 7.33. The molecule has 1 aliphatic carbocycles. The summed E-state index contributed by atoms with van der Waals surface area (Å²) in [4.78, 5) is 12.1. The van der Waals surface area contributed by atoms with Crippen LogP contribution in [0.15, 0.2) is 18.2 Å². The van der Waals surface area contributed by atoms with E-state index in [1.54, 1.807) is 18.2 Å². The highest BCUT2D eigenvalue weighted by molar-refractivity contribution is 6.31. The van der Waals surface area contributed by atoms with Gasteiger partial charge in [-0.05, 0) is 37.0 Å². The van der Waals surface area contributed by atoms with Gasteiger partial charge < -0.3 is 16.2 Å². The standard InChI is InChI=1S/C15H21ClN2O2/c1-10-3-2-6-15(20,8-10)9-18-14(19)12-5-4-11(16)7-13(12)17/h4-5,7,10,20H,2-3,6,8-9,17H2,1H3,(H,18,19). The third kappa shape index (κ3) is 3.64. The van der Waals surface area contributed by atoms with Gasteiger partial charge in [0.1, 0.15) is 0 Å². The molecule has 4 nitrogen and oxygen atoms in total. The Kier molecular flexibility index (Phi) is 4.55. The molecular weight excluding hydrogens is 276 g/mol. The monoisotopic (exact) mass is 296 g/mol. The number of anilines is 1. The molecular formula is C15H21ClN2O2. The van der Waals surface area contributed by atoms with Crippen LogP contribution in [0.5, 0.6) is 0 Å². The predicted octanol–water partition coefficient (Wildman–Crippen LogP) is 2.59. The largest absolute Gasteiger partial charge is 0.398 e. The molecule has 20 heavy (non-hydrogen) atoms. The van der Waals surface area contributed by atoms with Crippen molar-refractivity contribution in [2.24, 2.45) is 5.92 Å². The Morgan fingerprint density at radius 1 is 1.60 bits per heavy atom. The minimum Gasteiger partial charge on any atom is -0.398 e. The summed E-state index contributed by atoms with van der Waals surface area (Å²) in [6.45, 7) is 2.39. The van der Waals surface area contributed by atoms with Gasteiger partial charge in [0.15, 0.2) is 0 Å². The first-order chi connectivity index (χ1) is 9.39. The lowest BCUT2D eigenvalue weighted by molar-refractivity contribution is -0.0109. The fraction of sp³-hybridized carbons (Fsp3) is 0.533. The Morgan fingerprint density at radius 3 is 3.00 bits per heavy atom. The van der Waals surface area contributed by atoms with Gasteiger partial charge in [0.2, 0.25) is 0 Å². The highest BCUT2D eigenvalue weighted by atomic mass is 35.5. The van der Waals surface area contributed by atoms with Crippen molar-refractivity contribution in [3.8, 4) is 0 Å². The zero-order valence-corrected chi connectivity index (χ0v) is 12.4. The smallest absolute Gasteiger partial charge is 0.253 e. The molecule has 0 radical (unpaired) electrons. The molecule has 2 rings (SSSR count). The lowest BCUT2D eigenvalue weighted by atomic mass is 9.79. The number of carbonyl (C=O) groups is 1. The number of nitrogens with one attached hydrogen (secondary N) is 1. The maximum Gasteiger partial charge on any atom is 0.253 e. The minimum atomic E-state index is -0.797. The van der Waals surface area contributed by atoms with Gasteiger partial charge in [-0.1, -0.05) is 31.4 Å². The fourth-order valence-corrected chi connectivity index (χ4v) is 3.05. The molecule has 5 heteroatoms. The normalized spacial score (nSPS) is 26.2. The molecule has 1 saturated carbocycles. The van der Waals surface area contributed by atoms with E-state index in [-0.39, 0.29) is 12.5 Å². The van der Waals surface area contributed by atoms with E-state index in [9.17, 15) is 9.90 Å². The molecule has 0 aliphatic heterocycles. The van der Waals surface area contributed by atoms with Gasteiger partial charge in [0.05, 0.1) is 11.2 Å². The summed E-state index contributed by atoms with van der Waals surface area (Å²) in [5.41, 5.74) is 5.72. The fourth-order valence-electron chi connectivity index (χ4n) is 2.87. The summed E-state index contributed by atoms with van der Waals surface area (Å²) in [6.07, 6.45) is 3.59. The second kappa shape index (κ2) is 6.02. The summed E-state index contributed by atoms with van der Waals surface area (Å²) in [6, 6.07) is 4.78. The zero-order chi connectivity index (χ0) is 14.8. The molecule has 2 atom stereocenters. The average molecular weight is 297 g/mol. The Balaban J connectivity index is 1.98. The number of rotatable bonds is 3. The van der Waals surface area contributed by atoms with Crippen molar-refractivity contribution in [1.82, 2.24) is 5.32 Å². The van der Waals surface area contributed by atoms with Crippen molar-refractivity contribution < 1.29 is 9.90 Å². The van der Waals surface area contributed by atoms with E-state index in [0.717, 1.165) is 25.7 Å². The number of nitrogens with two attached hydrogens (primary N) is 1. The maximum atomic E-state index is 12.1. The Labute approximate surface area is 124 Å². The zero-order valence-electron chi connectivity index (χ0n) is 11.7. The third-order valence-corrected chi connectivity index (χ3v) is 4.14. The third-order valence-electron chi connectivity index (χ3n) is 3.90. The van der Waals surface area contributed by atoms with Crippen LogP contribution in [0.4, 0.5) is 5.69 Å². The summed E-state index contributed by atoms with van der Waals surface area (Å²) in [5, 5.41) is 13.8. The van der Waals surface area contributed by atoms with E-state index in [2.05, 4.69) is 12.2 Å². The predicted molar refractivity (Wildman–Crippen MR) is 80.8 cm³/mol. The molecule has 110 valence electrons. The highest BCUT2D eigenvalue weighted by Crippen LogP contribution is 2.31. The molecule has 1 fully saturated rings. The van der Waals surface area contributed by atoms with Crippen LogP contribution < -0.4 is 11.1 Å². The van der Waals surface area contributed by atoms with Crippen LogP contribution in [-0.2, 0) is 0 Å². The minimum absolute atomic E-state index is 0.262. The first-order valence-electron chi connectivity index (χ1n) is 6.95. The maximum absolute atomic E-state index is 12.1. The molecule has 0 spiro atoms. The van der Waals surface area contributed by atoms with Gasteiger partial charge in [-0.25, -0.2) is 0 Å². The lowest BCUT2D eigenvalue weighted by Gasteiger charge is -2.35. The number of amides is 1. The second-order valence-corrected chi connectivity index (χ2v) is 6.28. The summed E-state index contributed by atoms with van der Waals surface area (Å²) < 4.78 is 0. The summed E-state index contributed by atoms with van der Waals surface area (Å²) in [7, 11) is 0. The number of aliphatic hydroxyl groups is 1. The van der Waals surface area contributed by atoms with E-state index in [1.807, 2.05) is 0 Å². The van der Waals surface area contributed by atoms with Gasteiger partial charge in [-0.2, -0.15) is 0 Å². The van der Waals surface area contributed by atoms with E-state index in [0.29, 0.717) is 22.2 Å². The van der Waals surface area contributed by atoms with Crippen molar-refractivity contribution in [2.45, 2.75) is 38.2 Å². The lowest BCUT2D eigenvalue weighted by Crippen LogP contribution is -2.45. The van der Waals surface area contributed by atoms with Crippen LogP contribution in [0.3, 0.4) is 0 Å². The van der Waals surface area contributed by atoms with E-state index in [4.69, 9.17) is 17.3 Å². The Hall–Kier alpha value is -1.26. The highest BCUT2D eigenvalue weighted by Gasteiger charge is 2.33. The van der Waals surface area contributed by atoms with Crippen LogP contribution in [0.2, 0.25) is 5.02 Å². The van der Waals surface area contributed by atoms with Crippen LogP contribution in [-0.4, -0.2) is 23.2 Å². The molecule has 1 aromatic rings. The van der Waals surface area contributed by atoms with Gasteiger partial charge >= 0.3 is 0 Å². The summed E-state index contributed by atoms with van der Waals surface area (Å²) >= 11 is 5.81. The average Bonchev–Trinajstić information content (AvgIpc) is 2.36. The van der Waals surface area contributed by atoms with Crippen LogP contribution >= 0.6 is 11.6 Å². The van der Waals surface area contributed by atoms with Crippen molar-refractivity contribution in [2.75, 3.05) is 12.3 Å².